The molecule has 0 aliphatic carbocycles. The number of nitrogens with one attached hydrogen (secondary N) is 1. The first kappa shape index (κ1) is 25.0. The average molecular weight is 492 g/mol. The van der Waals surface area contributed by atoms with Crippen LogP contribution in [0.4, 0.5) is 5.69 Å². The van der Waals surface area contributed by atoms with Crippen molar-refractivity contribution >= 4 is 29.3 Å². The van der Waals surface area contributed by atoms with Crippen LogP contribution in [0.2, 0.25) is 0 Å². The minimum absolute atomic E-state index is 0.0143. The van der Waals surface area contributed by atoms with E-state index in [9.17, 15) is 9.59 Å². The van der Waals surface area contributed by atoms with Crippen LogP contribution >= 0.6 is 11.8 Å². The summed E-state index contributed by atoms with van der Waals surface area (Å²) in [6, 6.07) is 14.2. The number of carbonyl (C=O) groups excluding carboxylic acids is 2. The third-order valence-corrected chi connectivity index (χ3v) is 7.27. The topological polar surface area (TPSA) is 70.5 Å². The number of thioether (sulfide) groups is 1. The molecule has 1 aliphatic rings. The van der Waals surface area contributed by atoms with Gasteiger partial charge in [0.05, 0.1) is 18.0 Å². The minimum Gasteiger partial charge on any atom is -0.339 e. The van der Waals surface area contributed by atoms with Gasteiger partial charge >= 0.3 is 0 Å². The number of hydrogen-bond donors (Lipinski definition) is 1. The van der Waals surface area contributed by atoms with Gasteiger partial charge in [-0.1, -0.05) is 49.0 Å². The van der Waals surface area contributed by atoms with Gasteiger partial charge in [-0.25, -0.2) is 4.98 Å². The van der Waals surface area contributed by atoms with Crippen LogP contribution in [0.15, 0.2) is 60.0 Å². The molecule has 0 bridgehead atoms. The Morgan fingerprint density at radius 1 is 1.06 bits per heavy atom. The van der Waals surface area contributed by atoms with Gasteiger partial charge in [0, 0.05) is 44.3 Å². The van der Waals surface area contributed by atoms with Gasteiger partial charge in [-0.3, -0.25) is 19.1 Å². The van der Waals surface area contributed by atoms with Crippen molar-refractivity contribution in [3.8, 4) is 5.69 Å². The lowest BCUT2D eigenvalue weighted by molar-refractivity contribution is -0.130. The van der Waals surface area contributed by atoms with Crippen molar-refractivity contribution < 1.29 is 9.59 Å². The molecule has 4 rings (SSSR count). The number of anilines is 1. The molecule has 0 unspecified atom stereocenters. The van der Waals surface area contributed by atoms with Crippen molar-refractivity contribution in [3.05, 3.63) is 71.5 Å². The van der Waals surface area contributed by atoms with E-state index in [2.05, 4.69) is 54.2 Å². The fraction of sp³-hybridized carbons (Fsp3) is 0.370. The zero-order valence-electron chi connectivity index (χ0n) is 20.7. The number of benzene rings is 2. The normalized spacial score (nSPS) is 14.2. The Kier molecular flexibility index (Phi) is 8.25. The predicted molar refractivity (Wildman–Crippen MR) is 141 cm³/mol. The number of nitrogens with zero attached hydrogens (tertiary/aromatic N) is 4. The van der Waals surface area contributed by atoms with Gasteiger partial charge in [0.1, 0.15) is 0 Å². The SMILES string of the molecule is CCc1ccccc1NC(=O)CN1CCN(C(=O)CSc2nccn2-c2cc(C)ccc2C)CC1. The Morgan fingerprint density at radius 3 is 2.60 bits per heavy atom. The molecule has 0 spiro atoms. The fourth-order valence-corrected chi connectivity index (χ4v) is 5.14. The number of piperazine rings is 1. The molecule has 1 saturated heterocycles. The summed E-state index contributed by atoms with van der Waals surface area (Å²) >= 11 is 1.46. The summed E-state index contributed by atoms with van der Waals surface area (Å²) in [7, 11) is 0. The molecule has 1 fully saturated rings. The molecule has 2 heterocycles. The molecule has 1 N–H and O–H groups in total. The number of rotatable bonds is 8. The molecule has 3 aromatic rings. The van der Waals surface area contributed by atoms with E-state index in [1.165, 1.54) is 22.9 Å². The van der Waals surface area contributed by atoms with Crippen LogP contribution in [0.3, 0.4) is 0 Å². The lowest BCUT2D eigenvalue weighted by atomic mass is 10.1. The molecular weight excluding hydrogens is 458 g/mol. The van der Waals surface area contributed by atoms with E-state index in [1.54, 1.807) is 6.20 Å². The summed E-state index contributed by atoms with van der Waals surface area (Å²) in [5.74, 6) is 0.432. The maximum atomic E-state index is 12.9. The number of aryl methyl sites for hydroxylation is 3. The Labute approximate surface area is 211 Å². The lowest BCUT2D eigenvalue weighted by Crippen LogP contribution is -2.50. The molecule has 7 nitrogen and oxygen atoms in total. The molecule has 0 radical (unpaired) electrons. The van der Waals surface area contributed by atoms with E-state index >= 15 is 0 Å². The van der Waals surface area contributed by atoms with E-state index in [1.807, 2.05) is 39.9 Å². The highest BCUT2D eigenvalue weighted by Crippen LogP contribution is 2.24. The van der Waals surface area contributed by atoms with Crippen molar-refractivity contribution in [2.24, 2.45) is 0 Å². The van der Waals surface area contributed by atoms with Crippen molar-refractivity contribution in [2.75, 3.05) is 43.8 Å². The Balaban J connectivity index is 1.26. The predicted octanol–water partition coefficient (Wildman–Crippen LogP) is 3.93. The first-order chi connectivity index (χ1) is 16.9. The lowest BCUT2D eigenvalue weighted by Gasteiger charge is -2.34. The van der Waals surface area contributed by atoms with Gasteiger partial charge in [-0.2, -0.15) is 0 Å². The van der Waals surface area contributed by atoms with Crippen molar-refractivity contribution in [3.63, 3.8) is 0 Å². The summed E-state index contributed by atoms with van der Waals surface area (Å²) in [6.45, 7) is 9.21. The Morgan fingerprint density at radius 2 is 1.83 bits per heavy atom. The van der Waals surface area contributed by atoms with Crippen LogP contribution in [-0.2, 0) is 16.0 Å². The standard InChI is InChI=1S/C27H33N5O2S/c1-4-22-7-5-6-8-23(22)29-25(33)18-30-13-15-31(16-14-30)26(34)19-35-27-28-11-12-32(27)24-17-20(2)9-10-21(24)3/h5-12,17H,4,13-16,18-19H2,1-3H3,(H,29,33). The van der Waals surface area contributed by atoms with E-state index < -0.39 is 0 Å². The van der Waals surface area contributed by atoms with Crippen molar-refractivity contribution in [2.45, 2.75) is 32.3 Å². The third kappa shape index (κ3) is 6.32. The minimum atomic E-state index is -0.0143. The molecule has 35 heavy (non-hydrogen) atoms. The Bertz CT molecular complexity index is 1180. The molecule has 184 valence electrons. The van der Waals surface area contributed by atoms with Crippen LogP contribution < -0.4 is 5.32 Å². The summed E-state index contributed by atoms with van der Waals surface area (Å²) < 4.78 is 2.05. The van der Waals surface area contributed by atoms with Crippen LogP contribution in [0.5, 0.6) is 0 Å². The number of amides is 2. The number of para-hydroxylation sites is 1. The first-order valence-corrected chi connectivity index (χ1v) is 13.0. The molecule has 0 atom stereocenters. The van der Waals surface area contributed by atoms with Crippen LogP contribution in [0.25, 0.3) is 5.69 Å². The first-order valence-electron chi connectivity index (χ1n) is 12.1. The largest absolute Gasteiger partial charge is 0.339 e. The monoisotopic (exact) mass is 491 g/mol. The van der Waals surface area contributed by atoms with Gasteiger partial charge in [0.2, 0.25) is 11.8 Å². The Hall–Kier alpha value is -3.10. The number of aromatic nitrogens is 2. The maximum Gasteiger partial charge on any atom is 0.238 e. The molecule has 0 saturated carbocycles. The highest BCUT2D eigenvalue weighted by Gasteiger charge is 2.23. The van der Waals surface area contributed by atoms with Crippen LogP contribution in [0.1, 0.15) is 23.6 Å². The van der Waals surface area contributed by atoms with E-state index in [4.69, 9.17) is 0 Å². The maximum absolute atomic E-state index is 12.9. The van der Waals surface area contributed by atoms with Crippen LogP contribution in [-0.4, -0.2) is 69.6 Å². The number of carbonyl (C=O) groups is 2. The summed E-state index contributed by atoms with van der Waals surface area (Å²) in [6.07, 6.45) is 4.59. The van der Waals surface area contributed by atoms with Crippen molar-refractivity contribution in [1.29, 1.82) is 0 Å². The van der Waals surface area contributed by atoms with Gasteiger partial charge < -0.3 is 10.2 Å². The summed E-state index contributed by atoms with van der Waals surface area (Å²) in [5.41, 5.74) is 5.45. The van der Waals surface area contributed by atoms with Gasteiger partial charge in [0.15, 0.2) is 5.16 Å². The zero-order chi connectivity index (χ0) is 24.8. The third-order valence-electron chi connectivity index (χ3n) is 6.32. The molecule has 2 aromatic carbocycles. The van der Waals surface area contributed by atoms with E-state index in [-0.39, 0.29) is 11.8 Å². The quantitative estimate of drug-likeness (QED) is 0.484. The van der Waals surface area contributed by atoms with Crippen molar-refractivity contribution in [1.82, 2.24) is 19.4 Å². The van der Waals surface area contributed by atoms with Crippen LogP contribution in [0, 0.1) is 13.8 Å². The molecule has 1 aliphatic heterocycles. The van der Waals surface area contributed by atoms with E-state index in [0.29, 0.717) is 38.5 Å². The second-order valence-electron chi connectivity index (χ2n) is 8.87. The number of imidazole rings is 1. The van der Waals surface area contributed by atoms with E-state index in [0.717, 1.165) is 28.5 Å². The highest BCUT2D eigenvalue weighted by molar-refractivity contribution is 7.99. The second kappa shape index (κ2) is 11.6. The second-order valence-corrected chi connectivity index (χ2v) is 9.82. The molecule has 2 amide bonds. The van der Waals surface area contributed by atoms with Gasteiger partial charge in [0.25, 0.3) is 0 Å². The molecule has 8 heteroatoms. The average Bonchev–Trinajstić information content (AvgIpc) is 3.33. The summed E-state index contributed by atoms with van der Waals surface area (Å²) in [4.78, 5) is 33.9. The van der Waals surface area contributed by atoms with Gasteiger partial charge in [-0.05, 0) is 49.1 Å². The molecular formula is C27H33N5O2S. The fourth-order valence-electron chi connectivity index (χ4n) is 4.28. The zero-order valence-corrected chi connectivity index (χ0v) is 21.5. The van der Waals surface area contributed by atoms with Gasteiger partial charge in [-0.15, -0.1) is 0 Å². The number of hydrogen-bond acceptors (Lipinski definition) is 5. The summed E-state index contributed by atoms with van der Waals surface area (Å²) in [5, 5.41) is 3.85. The molecule has 1 aromatic heterocycles. The smallest absolute Gasteiger partial charge is 0.238 e. The highest BCUT2D eigenvalue weighted by atomic mass is 32.2.